The van der Waals surface area contributed by atoms with Crippen molar-refractivity contribution in [3.8, 4) is 11.3 Å². The molecule has 0 unspecified atom stereocenters. The zero-order valence-corrected chi connectivity index (χ0v) is 16.8. The molecule has 1 aliphatic rings. The number of aromatic nitrogens is 2. The van der Waals surface area contributed by atoms with Crippen molar-refractivity contribution in [2.24, 2.45) is 5.92 Å². The lowest BCUT2D eigenvalue weighted by atomic mass is 9.97. The van der Waals surface area contributed by atoms with Crippen LogP contribution in [0.1, 0.15) is 21.6 Å². The van der Waals surface area contributed by atoms with Gasteiger partial charge in [0.25, 0.3) is 11.6 Å². The van der Waals surface area contributed by atoms with Gasteiger partial charge in [-0.2, -0.15) is 13.2 Å². The Morgan fingerprint density at radius 2 is 2.00 bits per heavy atom. The number of aryl methyl sites for hydroxylation is 1. The Balaban J connectivity index is 1.72. The first-order valence-corrected chi connectivity index (χ1v) is 9.52. The molecule has 0 bridgehead atoms. The number of hydrogen-bond donors (Lipinski definition) is 0. The van der Waals surface area contributed by atoms with E-state index in [1.165, 1.54) is 18.2 Å². The summed E-state index contributed by atoms with van der Waals surface area (Å²) < 4.78 is 44.6. The first-order valence-electron chi connectivity index (χ1n) is 9.52. The molecule has 1 fully saturated rings. The average molecular weight is 418 g/mol. The number of likely N-dealkylation sites (tertiary alicyclic amines) is 1. The number of amides is 1. The smallest absolute Gasteiger partial charge is 0.338 e. The fraction of sp³-hybridized carbons (Fsp3) is 0.381. The van der Waals surface area contributed by atoms with E-state index in [4.69, 9.17) is 4.52 Å². The van der Waals surface area contributed by atoms with E-state index in [2.05, 4.69) is 15.0 Å². The van der Waals surface area contributed by atoms with Crippen LogP contribution in [0, 0.1) is 12.8 Å². The van der Waals surface area contributed by atoms with E-state index in [-0.39, 0.29) is 22.9 Å². The summed E-state index contributed by atoms with van der Waals surface area (Å²) in [5.41, 5.74) is 0.701. The van der Waals surface area contributed by atoms with Crippen LogP contribution < -0.4 is 0 Å². The summed E-state index contributed by atoms with van der Waals surface area (Å²) >= 11 is 0. The molecule has 2 aromatic heterocycles. The maximum Gasteiger partial charge on any atom is 0.416 e. The highest BCUT2D eigenvalue weighted by atomic mass is 19.4. The molecule has 0 N–H and O–H groups in total. The topological polar surface area (TPSA) is 62.5 Å². The van der Waals surface area contributed by atoms with Crippen LogP contribution in [0.4, 0.5) is 13.2 Å². The van der Waals surface area contributed by atoms with Gasteiger partial charge < -0.3 is 14.3 Å². The highest BCUT2D eigenvalue weighted by Gasteiger charge is 2.34. The molecule has 0 atom stereocenters. The lowest BCUT2D eigenvalue weighted by Gasteiger charge is -2.40. The molecule has 0 spiro atoms. The average Bonchev–Trinajstić information content (AvgIpc) is 3.03. The van der Waals surface area contributed by atoms with Gasteiger partial charge in [-0.05, 0) is 39.2 Å². The monoisotopic (exact) mass is 418 g/mol. The van der Waals surface area contributed by atoms with Crippen LogP contribution in [0.25, 0.3) is 22.4 Å². The number of pyridine rings is 1. The predicted octanol–water partition coefficient (Wildman–Crippen LogP) is 3.85. The molecule has 0 aliphatic carbocycles. The summed E-state index contributed by atoms with van der Waals surface area (Å²) in [6.07, 6.45) is -4.47. The van der Waals surface area contributed by atoms with Gasteiger partial charge in [-0.15, -0.1) is 0 Å². The Kier molecular flexibility index (Phi) is 5.01. The van der Waals surface area contributed by atoms with Gasteiger partial charge in [0.2, 0.25) is 0 Å². The summed E-state index contributed by atoms with van der Waals surface area (Å²) in [4.78, 5) is 21.3. The van der Waals surface area contributed by atoms with E-state index in [0.717, 1.165) is 18.7 Å². The number of nitrogens with zero attached hydrogens (tertiary/aromatic N) is 4. The standard InChI is InChI=1S/C21H21F3N4O2/c1-12-18-16(20(29)28-10-13(11-28)9-27(2)3)8-17(25-19(18)30-26-12)14-5-4-6-15(7-14)21(22,23)24/h4-8,13H,9-11H2,1-3H3. The molecule has 30 heavy (non-hydrogen) atoms. The molecule has 1 saturated heterocycles. The molecule has 3 heterocycles. The minimum atomic E-state index is -4.47. The van der Waals surface area contributed by atoms with Crippen LogP contribution in [0.5, 0.6) is 0 Å². The number of alkyl halides is 3. The number of fused-ring (bicyclic) bond motifs is 1. The van der Waals surface area contributed by atoms with Crippen molar-refractivity contribution >= 4 is 17.0 Å². The van der Waals surface area contributed by atoms with E-state index in [1.807, 2.05) is 14.1 Å². The van der Waals surface area contributed by atoms with Crippen LogP contribution in [-0.4, -0.2) is 59.6 Å². The molecule has 1 amide bonds. The van der Waals surface area contributed by atoms with Gasteiger partial charge in [0.1, 0.15) is 0 Å². The Bertz CT molecular complexity index is 1100. The number of carbonyl (C=O) groups excluding carboxylic acids is 1. The lowest BCUT2D eigenvalue weighted by molar-refractivity contribution is -0.137. The van der Waals surface area contributed by atoms with Crippen LogP contribution in [0.3, 0.4) is 0 Å². The van der Waals surface area contributed by atoms with Gasteiger partial charge in [-0.3, -0.25) is 4.79 Å². The SMILES string of the molecule is Cc1noc2nc(-c3cccc(C(F)(F)F)c3)cc(C(=O)N3CC(CN(C)C)C3)c12. The zero-order chi connectivity index (χ0) is 21.6. The van der Waals surface area contributed by atoms with Crippen molar-refractivity contribution in [2.45, 2.75) is 13.1 Å². The van der Waals surface area contributed by atoms with Gasteiger partial charge in [0.05, 0.1) is 27.9 Å². The molecule has 9 heteroatoms. The quantitative estimate of drug-likeness (QED) is 0.644. The molecule has 158 valence electrons. The summed E-state index contributed by atoms with van der Waals surface area (Å²) in [6, 6.07) is 6.39. The summed E-state index contributed by atoms with van der Waals surface area (Å²) in [6.45, 7) is 3.85. The second kappa shape index (κ2) is 7.39. The lowest BCUT2D eigenvalue weighted by Crippen LogP contribution is -2.53. The van der Waals surface area contributed by atoms with E-state index >= 15 is 0 Å². The minimum Gasteiger partial charge on any atom is -0.338 e. The molecule has 0 radical (unpaired) electrons. The van der Waals surface area contributed by atoms with E-state index in [1.54, 1.807) is 11.8 Å². The van der Waals surface area contributed by atoms with E-state index in [9.17, 15) is 18.0 Å². The number of hydrogen-bond acceptors (Lipinski definition) is 5. The summed E-state index contributed by atoms with van der Waals surface area (Å²) in [5.74, 6) is 0.199. The second-order valence-corrected chi connectivity index (χ2v) is 7.92. The maximum absolute atomic E-state index is 13.2. The van der Waals surface area contributed by atoms with Crippen molar-refractivity contribution in [1.29, 1.82) is 0 Å². The van der Waals surface area contributed by atoms with Crippen molar-refractivity contribution < 1.29 is 22.5 Å². The largest absolute Gasteiger partial charge is 0.416 e. The molecular formula is C21H21F3N4O2. The van der Waals surface area contributed by atoms with Crippen LogP contribution in [0.15, 0.2) is 34.9 Å². The number of rotatable bonds is 4. The van der Waals surface area contributed by atoms with Crippen molar-refractivity contribution in [3.05, 3.63) is 47.2 Å². The van der Waals surface area contributed by atoms with E-state index < -0.39 is 11.7 Å². The highest BCUT2D eigenvalue weighted by molar-refractivity contribution is 6.07. The third kappa shape index (κ3) is 3.77. The molecule has 4 rings (SSSR count). The van der Waals surface area contributed by atoms with Gasteiger partial charge in [-0.25, -0.2) is 4.98 Å². The first kappa shape index (κ1) is 20.3. The maximum atomic E-state index is 13.2. The number of benzene rings is 1. The molecular weight excluding hydrogens is 397 g/mol. The van der Waals surface area contributed by atoms with Crippen LogP contribution >= 0.6 is 0 Å². The fourth-order valence-corrected chi connectivity index (χ4v) is 3.80. The molecule has 3 aromatic rings. The highest BCUT2D eigenvalue weighted by Crippen LogP contribution is 2.34. The predicted molar refractivity (Wildman–Crippen MR) is 105 cm³/mol. The Hall–Kier alpha value is -2.94. The summed E-state index contributed by atoms with van der Waals surface area (Å²) in [5, 5.41) is 4.39. The third-order valence-electron chi connectivity index (χ3n) is 5.20. The number of halogens is 3. The van der Waals surface area contributed by atoms with Crippen LogP contribution in [-0.2, 0) is 6.18 Å². The van der Waals surface area contributed by atoms with Gasteiger partial charge in [0.15, 0.2) is 0 Å². The minimum absolute atomic E-state index is 0.135. The molecule has 6 nitrogen and oxygen atoms in total. The van der Waals surface area contributed by atoms with Gasteiger partial charge in [-0.1, -0.05) is 17.3 Å². The van der Waals surface area contributed by atoms with Crippen molar-refractivity contribution in [3.63, 3.8) is 0 Å². The van der Waals surface area contributed by atoms with Crippen molar-refractivity contribution in [1.82, 2.24) is 19.9 Å². The Morgan fingerprint density at radius 3 is 2.67 bits per heavy atom. The van der Waals surface area contributed by atoms with Gasteiger partial charge in [0, 0.05) is 31.1 Å². The van der Waals surface area contributed by atoms with E-state index in [0.29, 0.717) is 35.7 Å². The first-order chi connectivity index (χ1) is 14.1. The zero-order valence-electron chi connectivity index (χ0n) is 16.8. The Labute approximate surface area is 171 Å². The molecule has 0 saturated carbocycles. The fourth-order valence-electron chi connectivity index (χ4n) is 3.80. The summed E-state index contributed by atoms with van der Waals surface area (Å²) in [7, 11) is 3.97. The number of carbonyl (C=O) groups is 1. The molecule has 1 aliphatic heterocycles. The van der Waals surface area contributed by atoms with Crippen molar-refractivity contribution in [2.75, 3.05) is 33.7 Å². The third-order valence-corrected chi connectivity index (χ3v) is 5.20. The van der Waals surface area contributed by atoms with Crippen LogP contribution in [0.2, 0.25) is 0 Å². The second-order valence-electron chi connectivity index (χ2n) is 7.92. The normalized spacial score (nSPS) is 15.1. The Morgan fingerprint density at radius 1 is 1.27 bits per heavy atom. The molecule has 1 aromatic carbocycles. The van der Waals surface area contributed by atoms with Gasteiger partial charge >= 0.3 is 6.18 Å².